The minimum absolute atomic E-state index is 0.0994. The first-order valence-electron chi connectivity index (χ1n) is 6.82. The fourth-order valence-corrected chi connectivity index (χ4v) is 1.71. The van der Waals surface area contributed by atoms with Crippen LogP contribution in [0.4, 0.5) is 4.79 Å². The Balaban J connectivity index is 5.02. The molecule has 7 nitrogen and oxygen atoms in total. The molecular formula is C14H25NO6. The Labute approximate surface area is 125 Å². The Morgan fingerprint density at radius 1 is 1.19 bits per heavy atom. The van der Waals surface area contributed by atoms with Crippen molar-refractivity contribution in [1.29, 1.82) is 0 Å². The number of ether oxygens (including phenoxy) is 2. The number of nitrogens with one attached hydrogen (secondary N) is 1. The molecule has 0 aromatic carbocycles. The molecule has 0 aliphatic heterocycles. The molecule has 0 aromatic rings. The number of carboxylic acids is 1. The summed E-state index contributed by atoms with van der Waals surface area (Å²) in [6.45, 7) is 9.96. The van der Waals surface area contributed by atoms with Crippen molar-refractivity contribution >= 4 is 18.0 Å². The van der Waals surface area contributed by atoms with Crippen molar-refractivity contribution < 1.29 is 29.0 Å². The fourth-order valence-electron chi connectivity index (χ4n) is 1.71. The molecule has 0 saturated heterocycles. The summed E-state index contributed by atoms with van der Waals surface area (Å²) in [6.07, 6.45) is -1.85. The first-order valence-corrected chi connectivity index (χ1v) is 6.82. The molecule has 1 unspecified atom stereocenters. The number of alkyl carbamates (subject to hydrolysis) is 1. The predicted molar refractivity (Wildman–Crippen MR) is 75.8 cm³/mol. The van der Waals surface area contributed by atoms with E-state index in [1.54, 1.807) is 20.8 Å². The van der Waals surface area contributed by atoms with Crippen LogP contribution in [0.25, 0.3) is 0 Å². The first kappa shape index (κ1) is 19.2. The van der Waals surface area contributed by atoms with E-state index in [-0.39, 0.29) is 5.92 Å². The normalized spacial score (nSPS) is 14.2. The van der Waals surface area contributed by atoms with E-state index < -0.39 is 35.8 Å². The molecule has 0 aliphatic carbocycles. The lowest BCUT2D eigenvalue weighted by atomic mass is 9.99. The van der Waals surface area contributed by atoms with Crippen molar-refractivity contribution in [2.24, 2.45) is 5.92 Å². The van der Waals surface area contributed by atoms with Gasteiger partial charge in [-0.05, 0) is 33.1 Å². The summed E-state index contributed by atoms with van der Waals surface area (Å²) in [4.78, 5) is 34.1. The number of carbonyl (C=O) groups is 3. The maximum absolute atomic E-state index is 11.8. The lowest BCUT2D eigenvalue weighted by molar-refractivity contribution is -0.164. The first-order chi connectivity index (χ1) is 9.42. The van der Waals surface area contributed by atoms with Gasteiger partial charge in [0.2, 0.25) is 6.10 Å². The molecule has 7 heteroatoms. The van der Waals surface area contributed by atoms with Gasteiger partial charge in [0.25, 0.3) is 0 Å². The van der Waals surface area contributed by atoms with Crippen LogP contribution in [0.3, 0.4) is 0 Å². The van der Waals surface area contributed by atoms with Gasteiger partial charge in [0.1, 0.15) is 5.60 Å². The van der Waals surface area contributed by atoms with Crippen LogP contribution in [-0.2, 0) is 19.1 Å². The van der Waals surface area contributed by atoms with Gasteiger partial charge in [0.05, 0.1) is 6.04 Å². The third-order valence-electron chi connectivity index (χ3n) is 2.33. The average Bonchev–Trinajstić information content (AvgIpc) is 2.20. The number of hydrogen-bond donors (Lipinski definition) is 2. The Kier molecular flexibility index (Phi) is 7.18. The largest absolute Gasteiger partial charge is 0.478 e. The second-order valence-corrected chi connectivity index (χ2v) is 6.25. The summed E-state index contributed by atoms with van der Waals surface area (Å²) in [5.74, 6) is -1.93. The van der Waals surface area contributed by atoms with Crippen LogP contribution in [0.5, 0.6) is 0 Å². The molecule has 21 heavy (non-hydrogen) atoms. The summed E-state index contributed by atoms with van der Waals surface area (Å²) in [5, 5.41) is 11.7. The minimum Gasteiger partial charge on any atom is -0.478 e. The molecule has 0 rings (SSSR count). The molecule has 0 bridgehead atoms. The highest BCUT2D eigenvalue weighted by Gasteiger charge is 2.34. The van der Waals surface area contributed by atoms with Gasteiger partial charge in [-0.1, -0.05) is 13.8 Å². The second kappa shape index (κ2) is 7.85. The maximum Gasteiger partial charge on any atom is 0.408 e. The topological polar surface area (TPSA) is 102 Å². The van der Waals surface area contributed by atoms with E-state index >= 15 is 0 Å². The quantitative estimate of drug-likeness (QED) is 0.727. The van der Waals surface area contributed by atoms with Crippen molar-refractivity contribution in [3.05, 3.63) is 0 Å². The SMILES string of the molecule is CC(=O)OC(C(=O)O)[C@H](CC(C)C)NC(=O)OC(C)(C)C. The van der Waals surface area contributed by atoms with Crippen LogP contribution in [-0.4, -0.2) is 40.9 Å². The Morgan fingerprint density at radius 3 is 2.05 bits per heavy atom. The van der Waals surface area contributed by atoms with Crippen LogP contribution < -0.4 is 5.32 Å². The molecule has 0 radical (unpaired) electrons. The highest BCUT2D eigenvalue weighted by Crippen LogP contribution is 2.14. The third kappa shape index (κ3) is 8.88. The maximum atomic E-state index is 11.8. The smallest absolute Gasteiger partial charge is 0.408 e. The summed E-state index contributed by atoms with van der Waals surface area (Å²) >= 11 is 0. The predicted octanol–water partition coefficient (Wildman–Crippen LogP) is 1.94. The van der Waals surface area contributed by atoms with Crippen molar-refractivity contribution in [2.45, 2.75) is 65.7 Å². The van der Waals surface area contributed by atoms with E-state index in [0.717, 1.165) is 6.92 Å². The number of hydrogen-bond acceptors (Lipinski definition) is 5. The summed E-state index contributed by atoms with van der Waals surface area (Å²) in [5.41, 5.74) is -0.702. The third-order valence-corrected chi connectivity index (χ3v) is 2.33. The molecule has 122 valence electrons. The van der Waals surface area contributed by atoms with Crippen LogP contribution in [0.1, 0.15) is 48.0 Å². The molecule has 0 fully saturated rings. The van der Waals surface area contributed by atoms with Crippen LogP contribution >= 0.6 is 0 Å². The summed E-state index contributed by atoms with van der Waals surface area (Å²) < 4.78 is 9.90. The van der Waals surface area contributed by atoms with Crippen LogP contribution in [0, 0.1) is 5.92 Å². The highest BCUT2D eigenvalue weighted by atomic mass is 16.6. The lowest BCUT2D eigenvalue weighted by Crippen LogP contribution is -2.50. The summed E-state index contributed by atoms with van der Waals surface area (Å²) in [6, 6.07) is -0.860. The van der Waals surface area contributed by atoms with Crippen molar-refractivity contribution in [3.63, 3.8) is 0 Å². The molecule has 1 amide bonds. The van der Waals surface area contributed by atoms with Crippen LogP contribution in [0.15, 0.2) is 0 Å². The van der Waals surface area contributed by atoms with Gasteiger partial charge in [-0.3, -0.25) is 4.79 Å². The number of carbonyl (C=O) groups excluding carboxylic acids is 2. The average molecular weight is 303 g/mol. The second-order valence-electron chi connectivity index (χ2n) is 6.25. The van der Waals surface area contributed by atoms with Crippen LogP contribution in [0.2, 0.25) is 0 Å². The van der Waals surface area contributed by atoms with Gasteiger partial charge in [-0.25, -0.2) is 9.59 Å². The molecule has 0 saturated carbocycles. The zero-order valence-electron chi connectivity index (χ0n) is 13.4. The fraction of sp³-hybridized carbons (Fsp3) is 0.786. The van der Waals surface area contributed by atoms with Crippen molar-refractivity contribution in [1.82, 2.24) is 5.32 Å². The summed E-state index contributed by atoms with van der Waals surface area (Å²) in [7, 11) is 0. The molecule has 2 N–H and O–H groups in total. The Morgan fingerprint density at radius 2 is 1.71 bits per heavy atom. The molecule has 0 spiro atoms. The minimum atomic E-state index is -1.45. The number of aliphatic carboxylic acids is 1. The lowest BCUT2D eigenvalue weighted by Gasteiger charge is -2.27. The number of amides is 1. The zero-order chi connectivity index (χ0) is 16.8. The highest BCUT2D eigenvalue weighted by molar-refractivity contribution is 5.79. The van der Waals surface area contributed by atoms with E-state index in [9.17, 15) is 19.5 Å². The van der Waals surface area contributed by atoms with Crippen molar-refractivity contribution in [3.8, 4) is 0 Å². The monoisotopic (exact) mass is 303 g/mol. The van der Waals surface area contributed by atoms with Gasteiger partial charge in [0, 0.05) is 6.92 Å². The molecule has 0 aromatic heterocycles. The van der Waals surface area contributed by atoms with Gasteiger partial charge >= 0.3 is 18.0 Å². The standard InChI is InChI=1S/C14H25NO6/c1-8(2)7-10(11(12(17)18)20-9(3)16)15-13(19)21-14(4,5)6/h8,10-11H,7H2,1-6H3,(H,15,19)(H,17,18)/t10-,11?/m0/s1. The van der Waals surface area contributed by atoms with Crippen molar-refractivity contribution in [2.75, 3.05) is 0 Å². The van der Waals surface area contributed by atoms with Gasteiger partial charge < -0.3 is 19.9 Å². The van der Waals surface area contributed by atoms with Gasteiger partial charge in [0.15, 0.2) is 0 Å². The molecule has 2 atom stereocenters. The Bertz CT molecular complexity index is 385. The molecule has 0 heterocycles. The van der Waals surface area contributed by atoms with Gasteiger partial charge in [-0.15, -0.1) is 0 Å². The van der Waals surface area contributed by atoms with E-state index in [4.69, 9.17) is 9.47 Å². The number of esters is 1. The molecule has 0 aliphatic rings. The zero-order valence-corrected chi connectivity index (χ0v) is 13.4. The van der Waals surface area contributed by atoms with E-state index in [2.05, 4.69) is 5.32 Å². The Hall–Kier alpha value is -1.79. The molecular weight excluding hydrogens is 278 g/mol. The number of carboxylic acid groups (broad SMARTS) is 1. The van der Waals surface area contributed by atoms with E-state index in [1.807, 2.05) is 13.8 Å². The van der Waals surface area contributed by atoms with Gasteiger partial charge in [-0.2, -0.15) is 0 Å². The van der Waals surface area contributed by atoms with E-state index in [0.29, 0.717) is 6.42 Å². The number of rotatable bonds is 6. The van der Waals surface area contributed by atoms with E-state index in [1.165, 1.54) is 0 Å².